The van der Waals surface area contributed by atoms with E-state index in [0.29, 0.717) is 13.2 Å². The van der Waals surface area contributed by atoms with Crippen LogP contribution in [0.2, 0.25) is 0 Å². The number of likely N-dealkylation sites (tertiary alicyclic amines) is 1. The van der Waals surface area contributed by atoms with E-state index in [1.807, 2.05) is 30.0 Å². The lowest BCUT2D eigenvalue weighted by molar-refractivity contribution is 0.0797. The van der Waals surface area contributed by atoms with Gasteiger partial charge in [0, 0.05) is 18.0 Å². The number of benzene rings is 1. The van der Waals surface area contributed by atoms with Crippen LogP contribution in [0.3, 0.4) is 0 Å². The van der Waals surface area contributed by atoms with Gasteiger partial charge in [0.15, 0.2) is 11.5 Å². The van der Waals surface area contributed by atoms with E-state index in [4.69, 9.17) is 9.47 Å². The van der Waals surface area contributed by atoms with Crippen molar-refractivity contribution in [1.82, 2.24) is 4.90 Å². The van der Waals surface area contributed by atoms with Crippen molar-refractivity contribution in [2.45, 2.75) is 19.8 Å². The average Bonchev–Trinajstić information content (AvgIpc) is 3.23. The molecule has 4 rings (SSSR count). The molecule has 1 amide bonds. The molecule has 2 aliphatic heterocycles. The molecule has 0 aliphatic carbocycles. The van der Waals surface area contributed by atoms with Gasteiger partial charge >= 0.3 is 0 Å². The van der Waals surface area contributed by atoms with Crippen LogP contribution >= 0.6 is 11.3 Å². The highest BCUT2D eigenvalue weighted by Crippen LogP contribution is 2.38. The van der Waals surface area contributed by atoms with Crippen LogP contribution in [0.25, 0.3) is 10.4 Å². The molecule has 0 atom stereocenters. The van der Waals surface area contributed by atoms with Gasteiger partial charge in [-0.05, 0) is 55.2 Å². The number of aryl methyl sites for hydroxylation is 1. The molecule has 0 N–H and O–H groups in total. The zero-order valence-corrected chi connectivity index (χ0v) is 13.9. The first kappa shape index (κ1) is 14.6. The molecule has 4 nitrogen and oxygen atoms in total. The number of rotatable bonds is 2. The monoisotopic (exact) mass is 329 g/mol. The minimum atomic E-state index is 0.175. The fourth-order valence-electron chi connectivity index (χ4n) is 3.10. The van der Waals surface area contributed by atoms with Crippen LogP contribution in [0.5, 0.6) is 11.5 Å². The second-order valence-corrected chi connectivity index (χ2v) is 7.03. The topological polar surface area (TPSA) is 38.8 Å². The van der Waals surface area contributed by atoms with Gasteiger partial charge in [-0.1, -0.05) is 0 Å². The fourth-order valence-corrected chi connectivity index (χ4v) is 4.23. The van der Waals surface area contributed by atoms with Crippen molar-refractivity contribution < 1.29 is 14.3 Å². The number of ether oxygens (including phenoxy) is 2. The van der Waals surface area contributed by atoms with E-state index in [2.05, 4.69) is 6.07 Å². The minimum Gasteiger partial charge on any atom is -0.486 e. The number of carbonyl (C=O) groups excluding carboxylic acids is 1. The molecular formula is C18H19NO3S. The van der Waals surface area contributed by atoms with E-state index in [0.717, 1.165) is 58.3 Å². The SMILES string of the molecule is Cc1cc(-c2ccc3c(c2)OCCO3)sc1C(=O)N1CCCC1. The molecule has 3 heterocycles. The van der Waals surface area contributed by atoms with Gasteiger partial charge in [0.05, 0.1) is 4.88 Å². The van der Waals surface area contributed by atoms with Crippen molar-refractivity contribution in [3.8, 4) is 21.9 Å². The third-order valence-electron chi connectivity index (χ3n) is 4.33. The molecule has 0 spiro atoms. The number of thiophene rings is 1. The molecule has 0 unspecified atom stereocenters. The maximum atomic E-state index is 12.6. The van der Waals surface area contributed by atoms with Crippen LogP contribution in [0.4, 0.5) is 0 Å². The number of hydrogen-bond donors (Lipinski definition) is 0. The summed E-state index contributed by atoms with van der Waals surface area (Å²) in [6, 6.07) is 8.08. The first-order chi connectivity index (χ1) is 11.2. The predicted octanol–water partition coefficient (Wildman–Crippen LogP) is 3.73. The van der Waals surface area contributed by atoms with Crippen LogP contribution in [-0.4, -0.2) is 37.1 Å². The Hall–Kier alpha value is -2.01. The van der Waals surface area contributed by atoms with Crippen LogP contribution in [-0.2, 0) is 0 Å². The maximum absolute atomic E-state index is 12.6. The Morgan fingerprint density at radius 2 is 1.83 bits per heavy atom. The lowest BCUT2D eigenvalue weighted by atomic mass is 10.1. The molecule has 120 valence electrons. The summed E-state index contributed by atoms with van der Waals surface area (Å²) in [5, 5.41) is 0. The van der Waals surface area contributed by atoms with E-state index in [9.17, 15) is 4.79 Å². The quantitative estimate of drug-likeness (QED) is 0.843. The standard InChI is InChI=1S/C18H19NO3S/c1-12-10-16(23-17(12)18(20)19-6-2-3-7-19)13-4-5-14-15(11-13)22-9-8-21-14/h4-5,10-11H,2-3,6-9H2,1H3. The lowest BCUT2D eigenvalue weighted by Crippen LogP contribution is -2.27. The van der Waals surface area contributed by atoms with Crippen LogP contribution in [0.1, 0.15) is 28.1 Å². The van der Waals surface area contributed by atoms with E-state index in [1.54, 1.807) is 11.3 Å². The summed E-state index contributed by atoms with van der Waals surface area (Å²) in [6.45, 7) is 4.96. The number of amides is 1. The largest absolute Gasteiger partial charge is 0.486 e. The Labute approximate surface area is 139 Å². The molecule has 1 aromatic carbocycles. The van der Waals surface area contributed by atoms with Crippen molar-refractivity contribution in [3.63, 3.8) is 0 Å². The lowest BCUT2D eigenvalue weighted by Gasteiger charge is -2.18. The predicted molar refractivity (Wildman–Crippen MR) is 90.6 cm³/mol. The second-order valence-electron chi connectivity index (χ2n) is 5.98. The highest BCUT2D eigenvalue weighted by atomic mass is 32.1. The highest BCUT2D eigenvalue weighted by molar-refractivity contribution is 7.17. The number of nitrogens with zero attached hydrogens (tertiary/aromatic N) is 1. The van der Waals surface area contributed by atoms with Crippen LogP contribution in [0.15, 0.2) is 24.3 Å². The molecule has 1 saturated heterocycles. The number of fused-ring (bicyclic) bond motifs is 1. The van der Waals surface area contributed by atoms with Gasteiger partial charge in [-0.2, -0.15) is 0 Å². The van der Waals surface area contributed by atoms with Gasteiger partial charge in [-0.15, -0.1) is 11.3 Å². The molecule has 2 aromatic rings. The van der Waals surface area contributed by atoms with Crippen molar-refractivity contribution >= 4 is 17.2 Å². The third-order valence-corrected chi connectivity index (χ3v) is 5.61. The van der Waals surface area contributed by atoms with E-state index < -0.39 is 0 Å². The summed E-state index contributed by atoms with van der Waals surface area (Å²) >= 11 is 1.57. The molecule has 1 fully saturated rings. The molecular weight excluding hydrogens is 310 g/mol. The van der Waals surface area contributed by atoms with Crippen molar-refractivity contribution in [1.29, 1.82) is 0 Å². The zero-order chi connectivity index (χ0) is 15.8. The summed E-state index contributed by atoms with van der Waals surface area (Å²) in [6.07, 6.45) is 2.23. The summed E-state index contributed by atoms with van der Waals surface area (Å²) in [4.78, 5) is 16.6. The van der Waals surface area contributed by atoms with Gasteiger partial charge in [0.2, 0.25) is 0 Å². The first-order valence-corrected chi connectivity index (χ1v) is 8.84. The van der Waals surface area contributed by atoms with Crippen molar-refractivity contribution in [2.24, 2.45) is 0 Å². The summed E-state index contributed by atoms with van der Waals surface area (Å²) < 4.78 is 11.2. The maximum Gasteiger partial charge on any atom is 0.264 e. The van der Waals surface area contributed by atoms with Crippen molar-refractivity contribution in [2.75, 3.05) is 26.3 Å². The molecule has 0 bridgehead atoms. The number of hydrogen-bond acceptors (Lipinski definition) is 4. The van der Waals surface area contributed by atoms with Gasteiger partial charge < -0.3 is 14.4 Å². The zero-order valence-electron chi connectivity index (χ0n) is 13.1. The fraction of sp³-hybridized carbons (Fsp3) is 0.389. The van der Waals surface area contributed by atoms with Gasteiger partial charge in [-0.25, -0.2) is 0 Å². The van der Waals surface area contributed by atoms with Gasteiger partial charge in [-0.3, -0.25) is 4.79 Å². The normalized spacial score (nSPS) is 16.7. The summed E-state index contributed by atoms with van der Waals surface area (Å²) in [5.74, 6) is 1.75. The molecule has 23 heavy (non-hydrogen) atoms. The molecule has 1 aromatic heterocycles. The van der Waals surface area contributed by atoms with E-state index in [1.165, 1.54) is 0 Å². The van der Waals surface area contributed by atoms with E-state index in [-0.39, 0.29) is 5.91 Å². The smallest absolute Gasteiger partial charge is 0.264 e. The minimum absolute atomic E-state index is 0.175. The summed E-state index contributed by atoms with van der Waals surface area (Å²) in [7, 11) is 0. The Kier molecular flexibility index (Phi) is 3.73. The van der Waals surface area contributed by atoms with Gasteiger partial charge in [0.1, 0.15) is 13.2 Å². The van der Waals surface area contributed by atoms with Gasteiger partial charge in [0.25, 0.3) is 5.91 Å². The highest BCUT2D eigenvalue weighted by Gasteiger charge is 2.23. The molecule has 5 heteroatoms. The average molecular weight is 329 g/mol. The van der Waals surface area contributed by atoms with Crippen LogP contribution < -0.4 is 9.47 Å². The Morgan fingerprint density at radius 1 is 1.09 bits per heavy atom. The van der Waals surface area contributed by atoms with Crippen LogP contribution in [0, 0.1) is 6.92 Å². The van der Waals surface area contributed by atoms with E-state index >= 15 is 0 Å². The Bertz CT molecular complexity index is 747. The molecule has 0 saturated carbocycles. The van der Waals surface area contributed by atoms with Crippen molar-refractivity contribution in [3.05, 3.63) is 34.7 Å². The third kappa shape index (κ3) is 2.70. The first-order valence-electron chi connectivity index (χ1n) is 8.02. The Balaban J connectivity index is 1.65. The summed E-state index contributed by atoms with van der Waals surface area (Å²) in [5.41, 5.74) is 2.12. The Morgan fingerprint density at radius 3 is 2.61 bits per heavy atom. The number of carbonyl (C=O) groups is 1. The molecule has 0 radical (unpaired) electrons. The molecule has 2 aliphatic rings. The second kappa shape index (κ2) is 5.89.